The summed E-state index contributed by atoms with van der Waals surface area (Å²) in [6, 6.07) is 7.02. The molecule has 0 aromatic heterocycles. The van der Waals surface area contributed by atoms with Gasteiger partial charge >= 0.3 is 0 Å². The van der Waals surface area contributed by atoms with Gasteiger partial charge in [0.15, 0.2) is 5.96 Å². The molecule has 0 fully saturated rings. The molecule has 1 aromatic carbocycles. The summed E-state index contributed by atoms with van der Waals surface area (Å²) in [6.45, 7) is 7.88. The van der Waals surface area contributed by atoms with Crippen molar-refractivity contribution in [2.24, 2.45) is 10.1 Å². The SMILES string of the molecule is CCCCCC(C)NC(=NCCc1ccc(S(N)(=O)=O)cc1)NCC. The second kappa shape index (κ2) is 11.1. The van der Waals surface area contributed by atoms with Crippen LogP contribution >= 0.6 is 0 Å². The predicted molar refractivity (Wildman–Crippen MR) is 104 cm³/mol. The summed E-state index contributed by atoms with van der Waals surface area (Å²) in [6.07, 6.45) is 5.58. The first-order valence-corrected chi connectivity index (χ1v) is 10.6. The summed E-state index contributed by atoms with van der Waals surface area (Å²) in [5.41, 5.74) is 1.03. The van der Waals surface area contributed by atoms with E-state index in [1.165, 1.54) is 31.4 Å². The van der Waals surface area contributed by atoms with Gasteiger partial charge in [-0.3, -0.25) is 4.99 Å². The van der Waals surface area contributed by atoms with Crippen LogP contribution in [-0.4, -0.2) is 33.5 Å². The Morgan fingerprint density at radius 3 is 2.44 bits per heavy atom. The van der Waals surface area contributed by atoms with Crippen molar-refractivity contribution >= 4 is 16.0 Å². The quantitative estimate of drug-likeness (QED) is 0.336. The highest BCUT2D eigenvalue weighted by Gasteiger charge is 2.07. The van der Waals surface area contributed by atoms with Crippen molar-refractivity contribution in [2.45, 2.75) is 63.8 Å². The van der Waals surface area contributed by atoms with Crippen molar-refractivity contribution in [2.75, 3.05) is 13.1 Å². The van der Waals surface area contributed by atoms with Crippen molar-refractivity contribution in [3.63, 3.8) is 0 Å². The predicted octanol–water partition coefficient (Wildman–Crippen LogP) is 2.40. The minimum Gasteiger partial charge on any atom is -0.357 e. The summed E-state index contributed by atoms with van der Waals surface area (Å²) in [5, 5.41) is 11.8. The van der Waals surface area contributed by atoms with Crippen molar-refractivity contribution in [1.29, 1.82) is 0 Å². The molecule has 0 amide bonds. The Labute approximate surface area is 152 Å². The van der Waals surface area contributed by atoms with Gasteiger partial charge in [0.25, 0.3) is 0 Å². The van der Waals surface area contributed by atoms with Gasteiger partial charge in [-0.1, -0.05) is 38.3 Å². The summed E-state index contributed by atoms with van der Waals surface area (Å²) in [7, 11) is -3.63. The van der Waals surface area contributed by atoms with Gasteiger partial charge in [-0.15, -0.1) is 0 Å². The summed E-state index contributed by atoms with van der Waals surface area (Å²) >= 11 is 0. The fourth-order valence-corrected chi connectivity index (χ4v) is 2.98. The summed E-state index contributed by atoms with van der Waals surface area (Å²) < 4.78 is 22.5. The molecule has 1 atom stereocenters. The third kappa shape index (κ3) is 8.88. The van der Waals surface area contributed by atoms with Gasteiger partial charge in [0.2, 0.25) is 10.0 Å². The molecule has 0 aliphatic rings. The lowest BCUT2D eigenvalue weighted by molar-refractivity contribution is 0.547. The number of hydrogen-bond donors (Lipinski definition) is 3. The third-order valence-corrected chi connectivity index (χ3v) is 4.82. The Morgan fingerprint density at radius 1 is 1.20 bits per heavy atom. The smallest absolute Gasteiger partial charge is 0.238 e. The number of nitrogens with two attached hydrogens (primary N) is 1. The van der Waals surface area contributed by atoms with Crippen LogP contribution in [0, 0.1) is 0 Å². The van der Waals surface area contributed by atoms with Crippen molar-refractivity contribution < 1.29 is 8.42 Å². The van der Waals surface area contributed by atoms with E-state index in [2.05, 4.69) is 29.5 Å². The van der Waals surface area contributed by atoms with E-state index in [0.29, 0.717) is 12.6 Å². The van der Waals surface area contributed by atoms with E-state index in [0.717, 1.165) is 30.9 Å². The van der Waals surface area contributed by atoms with Crippen LogP contribution < -0.4 is 15.8 Å². The van der Waals surface area contributed by atoms with Gasteiger partial charge in [0, 0.05) is 19.1 Å². The van der Waals surface area contributed by atoms with Gasteiger partial charge in [-0.05, 0) is 44.4 Å². The van der Waals surface area contributed by atoms with Gasteiger partial charge in [0.1, 0.15) is 0 Å². The standard InChI is InChI=1S/C18H32N4O2S/c1-4-6-7-8-15(3)22-18(20-5-2)21-14-13-16-9-11-17(12-10-16)25(19,23)24/h9-12,15H,4-8,13-14H2,1-3H3,(H2,19,23,24)(H2,20,21,22). The van der Waals surface area contributed by atoms with Crippen LogP contribution in [0.25, 0.3) is 0 Å². The van der Waals surface area contributed by atoms with Crippen LogP contribution in [0.2, 0.25) is 0 Å². The number of primary sulfonamides is 1. The Balaban J connectivity index is 2.54. The monoisotopic (exact) mass is 368 g/mol. The Bertz CT molecular complexity index is 627. The van der Waals surface area contributed by atoms with E-state index < -0.39 is 10.0 Å². The molecule has 0 spiro atoms. The average Bonchev–Trinajstić information content (AvgIpc) is 2.55. The maximum atomic E-state index is 11.3. The Hall–Kier alpha value is -1.60. The number of guanidine groups is 1. The molecule has 0 aliphatic heterocycles. The van der Waals surface area contributed by atoms with Crippen LogP contribution in [0.4, 0.5) is 0 Å². The lowest BCUT2D eigenvalue weighted by Crippen LogP contribution is -2.42. The van der Waals surface area contributed by atoms with E-state index in [9.17, 15) is 8.42 Å². The maximum absolute atomic E-state index is 11.3. The molecule has 0 saturated heterocycles. The molecular formula is C18H32N4O2S. The number of hydrogen-bond acceptors (Lipinski definition) is 3. The van der Waals surface area contributed by atoms with Crippen molar-refractivity contribution in [3.8, 4) is 0 Å². The number of nitrogens with zero attached hydrogens (tertiary/aromatic N) is 1. The molecule has 7 heteroatoms. The van der Waals surface area contributed by atoms with Crippen LogP contribution in [-0.2, 0) is 16.4 Å². The molecule has 0 bridgehead atoms. The van der Waals surface area contributed by atoms with Crippen LogP contribution in [0.3, 0.4) is 0 Å². The zero-order chi connectivity index (χ0) is 18.7. The first-order valence-electron chi connectivity index (χ1n) is 9.03. The van der Waals surface area contributed by atoms with Gasteiger partial charge in [0.05, 0.1) is 4.90 Å². The molecule has 4 N–H and O–H groups in total. The molecule has 0 heterocycles. The molecule has 0 radical (unpaired) electrons. The molecule has 25 heavy (non-hydrogen) atoms. The number of sulfonamides is 1. The summed E-state index contributed by atoms with van der Waals surface area (Å²) in [4.78, 5) is 4.73. The molecule has 1 rings (SSSR count). The van der Waals surface area contributed by atoms with E-state index >= 15 is 0 Å². The molecule has 0 aliphatic carbocycles. The van der Waals surface area contributed by atoms with Crippen LogP contribution in [0.15, 0.2) is 34.2 Å². The fraction of sp³-hybridized carbons (Fsp3) is 0.611. The Morgan fingerprint density at radius 2 is 1.88 bits per heavy atom. The normalized spacial score (nSPS) is 13.5. The second-order valence-corrected chi connectivity index (χ2v) is 7.80. The number of benzene rings is 1. The Kier molecular flexibility index (Phi) is 9.52. The third-order valence-electron chi connectivity index (χ3n) is 3.89. The van der Waals surface area contributed by atoms with Crippen LogP contribution in [0.5, 0.6) is 0 Å². The number of aliphatic imine (C=N–C) groups is 1. The van der Waals surface area contributed by atoms with E-state index in [4.69, 9.17) is 5.14 Å². The minimum atomic E-state index is -3.63. The van der Waals surface area contributed by atoms with Crippen molar-refractivity contribution in [3.05, 3.63) is 29.8 Å². The highest BCUT2D eigenvalue weighted by molar-refractivity contribution is 7.89. The number of nitrogens with one attached hydrogen (secondary N) is 2. The van der Waals surface area contributed by atoms with Gasteiger partial charge < -0.3 is 10.6 Å². The highest BCUT2D eigenvalue weighted by atomic mass is 32.2. The van der Waals surface area contributed by atoms with E-state index in [1.807, 2.05) is 6.92 Å². The summed E-state index contributed by atoms with van der Waals surface area (Å²) in [5.74, 6) is 0.827. The van der Waals surface area contributed by atoms with Gasteiger partial charge in [-0.25, -0.2) is 13.6 Å². The zero-order valence-corrected chi connectivity index (χ0v) is 16.4. The molecule has 6 nitrogen and oxygen atoms in total. The van der Waals surface area contributed by atoms with E-state index in [-0.39, 0.29) is 4.90 Å². The minimum absolute atomic E-state index is 0.135. The highest BCUT2D eigenvalue weighted by Crippen LogP contribution is 2.09. The van der Waals surface area contributed by atoms with E-state index in [1.54, 1.807) is 12.1 Å². The zero-order valence-electron chi connectivity index (χ0n) is 15.6. The van der Waals surface area contributed by atoms with Crippen LogP contribution in [0.1, 0.15) is 52.0 Å². The second-order valence-electron chi connectivity index (χ2n) is 6.24. The average molecular weight is 369 g/mol. The molecule has 1 unspecified atom stereocenters. The molecule has 142 valence electrons. The van der Waals surface area contributed by atoms with Crippen molar-refractivity contribution in [1.82, 2.24) is 10.6 Å². The number of rotatable bonds is 10. The maximum Gasteiger partial charge on any atom is 0.238 e. The first-order chi connectivity index (χ1) is 11.9. The fourth-order valence-electron chi connectivity index (χ4n) is 2.47. The van der Waals surface area contributed by atoms with Gasteiger partial charge in [-0.2, -0.15) is 0 Å². The number of unbranched alkanes of at least 4 members (excludes halogenated alkanes) is 2. The molecular weight excluding hydrogens is 336 g/mol. The first kappa shape index (κ1) is 21.4. The topological polar surface area (TPSA) is 96.6 Å². The lowest BCUT2D eigenvalue weighted by atomic mass is 10.1. The molecule has 0 saturated carbocycles. The largest absolute Gasteiger partial charge is 0.357 e. The molecule has 1 aromatic rings. The lowest BCUT2D eigenvalue weighted by Gasteiger charge is -2.17.